The zero-order valence-corrected chi connectivity index (χ0v) is 16.2. The first-order valence-corrected chi connectivity index (χ1v) is 9.80. The lowest BCUT2D eigenvalue weighted by Crippen LogP contribution is -2.53. The number of hydrogen-bond donors (Lipinski definition) is 1. The Hall–Kier alpha value is -2.67. The molecule has 1 aromatic heterocycles. The third kappa shape index (κ3) is 3.80. The van der Waals surface area contributed by atoms with E-state index in [9.17, 15) is 9.59 Å². The Bertz CT molecular complexity index is 847. The Morgan fingerprint density at radius 2 is 1.68 bits per heavy atom. The van der Waals surface area contributed by atoms with Gasteiger partial charge < -0.3 is 15.1 Å². The number of nitrogens with zero attached hydrogens (tertiary/aromatic N) is 4. The van der Waals surface area contributed by atoms with Gasteiger partial charge in [-0.05, 0) is 36.6 Å². The maximum absolute atomic E-state index is 13.0. The van der Waals surface area contributed by atoms with Crippen LogP contribution in [0.1, 0.15) is 18.4 Å². The van der Waals surface area contributed by atoms with Gasteiger partial charge in [-0.3, -0.25) is 9.59 Å². The van der Waals surface area contributed by atoms with Gasteiger partial charge in [0.05, 0.1) is 0 Å². The van der Waals surface area contributed by atoms with E-state index in [4.69, 9.17) is 11.6 Å². The molecule has 1 aliphatic heterocycles. The average Bonchev–Trinajstić information content (AvgIpc) is 3.55. The molecule has 2 aromatic rings. The molecule has 0 radical (unpaired) electrons. The highest BCUT2D eigenvalue weighted by Crippen LogP contribution is 2.47. The Balaban J connectivity index is 1.32. The fourth-order valence-corrected chi connectivity index (χ4v) is 3.61. The molecule has 2 fully saturated rings. The van der Waals surface area contributed by atoms with E-state index >= 15 is 0 Å². The lowest BCUT2D eigenvalue weighted by atomic mass is 10.0. The molecule has 0 spiro atoms. The van der Waals surface area contributed by atoms with Gasteiger partial charge >= 0.3 is 0 Å². The van der Waals surface area contributed by atoms with E-state index in [0.717, 1.165) is 5.56 Å². The summed E-state index contributed by atoms with van der Waals surface area (Å²) in [7, 11) is 0. The molecule has 2 heterocycles. The van der Waals surface area contributed by atoms with Crippen LogP contribution in [0.2, 0.25) is 5.02 Å². The summed E-state index contributed by atoms with van der Waals surface area (Å²) in [6.45, 7) is 2.87. The second-order valence-electron chi connectivity index (χ2n) is 7.22. The van der Waals surface area contributed by atoms with E-state index in [0.29, 0.717) is 56.5 Å². The van der Waals surface area contributed by atoms with Crippen LogP contribution in [0.3, 0.4) is 0 Å². The first-order chi connectivity index (χ1) is 13.6. The summed E-state index contributed by atoms with van der Waals surface area (Å²) in [6.07, 6.45) is 4.65. The number of nitrogens with one attached hydrogen (secondary N) is 1. The molecule has 146 valence electrons. The van der Waals surface area contributed by atoms with Crippen molar-refractivity contribution in [3.63, 3.8) is 0 Å². The number of amides is 2. The van der Waals surface area contributed by atoms with Crippen LogP contribution in [-0.4, -0.2) is 52.9 Å². The van der Waals surface area contributed by atoms with Gasteiger partial charge in [-0.25, -0.2) is 9.97 Å². The van der Waals surface area contributed by atoms with Gasteiger partial charge in [0.15, 0.2) is 0 Å². The van der Waals surface area contributed by atoms with E-state index < -0.39 is 5.41 Å². The van der Waals surface area contributed by atoms with Crippen molar-refractivity contribution in [3.05, 3.63) is 53.3 Å². The van der Waals surface area contributed by atoms with Crippen LogP contribution >= 0.6 is 11.6 Å². The van der Waals surface area contributed by atoms with Gasteiger partial charge in [-0.15, -0.1) is 0 Å². The maximum atomic E-state index is 13.0. The molecule has 0 bridgehead atoms. The smallest absolute Gasteiger partial charge is 0.238 e. The van der Waals surface area contributed by atoms with Crippen molar-refractivity contribution in [1.29, 1.82) is 0 Å². The summed E-state index contributed by atoms with van der Waals surface area (Å²) in [5, 5.41) is 3.57. The summed E-state index contributed by atoms with van der Waals surface area (Å²) in [5.41, 5.74) is 0.0650. The molecule has 1 N–H and O–H groups in total. The van der Waals surface area contributed by atoms with E-state index in [1.165, 1.54) is 0 Å². The van der Waals surface area contributed by atoms with E-state index in [-0.39, 0.29) is 11.8 Å². The fraction of sp³-hybridized carbons (Fsp3) is 0.400. The van der Waals surface area contributed by atoms with Gasteiger partial charge in [0.2, 0.25) is 17.8 Å². The number of halogens is 1. The van der Waals surface area contributed by atoms with Crippen LogP contribution in [0.4, 0.5) is 5.95 Å². The van der Waals surface area contributed by atoms with Gasteiger partial charge in [0.1, 0.15) is 5.41 Å². The normalized spacial score (nSPS) is 17.9. The van der Waals surface area contributed by atoms with Crippen molar-refractivity contribution >= 4 is 29.4 Å². The molecule has 4 rings (SSSR count). The first-order valence-electron chi connectivity index (χ1n) is 9.43. The zero-order chi connectivity index (χ0) is 19.6. The lowest BCUT2D eigenvalue weighted by Gasteiger charge is -2.36. The molecule has 1 saturated heterocycles. The molecule has 1 aromatic carbocycles. The second kappa shape index (κ2) is 7.75. The van der Waals surface area contributed by atoms with Gasteiger partial charge in [-0.1, -0.05) is 23.7 Å². The summed E-state index contributed by atoms with van der Waals surface area (Å²) >= 11 is 5.89. The predicted molar refractivity (Wildman–Crippen MR) is 106 cm³/mol. The Kier molecular flexibility index (Phi) is 5.17. The highest BCUT2D eigenvalue weighted by molar-refractivity contribution is 6.30. The van der Waals surface area contributed by atoms with Crippen LogP contribution in [0.25, 0.3) is 0 Å². The molecule has 28 heavy (non-hydrogen) atoms. The fourth-order valence-electron chi connectivity index (χ4n) is 3.48. The number of carbonyl (C=O) groups excluding carboxylic acids is 2. The summed E-state index contributed by atoms with van der Waals surface area (Å²) in [5.74, 6) is 0.437. The monoisotopic (exact) mass is 399 g/mol. The molecule has 7 nitrogen and oxygen atoms in total. The molecule has 1 aliphatic carbocycles. The summed E-state index contributed by atoms with van der Waals surface area (Å²) in [6, 6.07) is 9.10. The Labute approximate surface area is 168 Å². The van der Waals surface area contributed by atoms with Crippen LogP contribution in [0.15, 0.2) is 42.7 Å². The molecule has 2 amide bonds. The van der Waals surface area contributed by atoms with Crippen molar-refractivity contribution in [3.8, 4) is 0 Å². The van der Waals surface area contributed by atoms with Crippen LogP contribution < -0.4 is 10.2 Å². The van der Waals surface area contributed by atoms with Crippen molar-refractivity contribution in [2.75, 3.05) is 31.1 Å². The largest absolute Gasteiger partial charge is 0.351 e. The van der Waals surface area contributed by atoms with E-state index in [1.807, 2.05) is 12.1 Å². The van der Waals surface area contributed by atoms with E-state index in [1.54, 1.807) is 35.5 Å². The topological polar surface area (TPSA) is 78.4 Å². The molecule has 2 aliphatic rings. The van der Waals surface area contributed by atoms with Crippen LogP contribution in [0.5, 0.6) is 0 Å². The van der Waals surface area contributed by atoms with Crippen molar-refractivity contribution in [2.24, 2.45) is 5.41 Å². The Morgan fingerprint density at radius 1 is 1.04 bits per heavy atom. The van der Waals surface area contributed by atoms with Gasteiger partial charge in [0.25, 0.3) is 0 Å². The molecular weight excluding hydrogens is 378 g/mol. The van der Waals surface area contributed by atoms with Crippen molar-refractivity contribution in [2.45, 2.75) is 19.4 Å². The predicted octanol–water partition coefficient (Wildman–Crippen LogP) is 1.88. The number of benzene rings is 1. The minimum Gasteiger partial charge on any atom is -0.351 e. The minimum atomic E-state index is -0.891. The van der Waals surface area contributed by atoms with Crippen molar-refractivity contribution in [1.82, 2.24) is 20.2 Å². The average molecular weight is 400 g/mol. The van der Waals surface area contributed by atoms with Crippen molar-refractivity contribution < 1.29 is 9.59 Å². The molecule has 0 atom stereocenters. The number of anilines is 1. The second-order valence-corrected chi connectivity index (χ2v) is 7.66. The first kappa shape index (κ1) is 18.7. The standard InChI is InChI=1S/C20H22ClN5O2/c21-16-4-2-15(3-5-16)14-24-17(27)20(6-7-20)18(28)25-10-12-26(13-11-25)19-22-8-1-9-23-19/h1-5,8-9H,6-7,10-14H2,(H,24,27). The SMILES string of the molecule is O=C(NCc1ccc(Cl)cc1)C1(C(=O)N2CCN(c3ncccn3)CC2)CC1. The quantitative estimate of drug-likeness (QED) is 0.776. The van der Waals surface area contributed by atoms with Gasteiger partial charge in [0, 0.05) is 50.1 Å². The summed E-state index contributed by atoms with van der Waals surface area (Å²) < 4.78 is 0. The third-order valence-corrected chi connectivity index (χ3v) is 5.61. The Morgan fingerprint density at radius 3 is 2.29 bits per heavy atom. The summed E-state index contributed by atoms with van der Waals surface area (Å²) in [4.78, 5) is 38.1. The number of hydrogen-bond acceptors (Lipinski definition) is 5. The maximum Gasteiger partial charge on any atom is 0.238 e. The molecular formula is C20H22ClN5O2. The molecule has 8 heteroatoms. The zero-order valence-electron chi connectivity index (χ0n) is 15.5. The lowest BCUT2D eigenvalue weighted by molar-refractivity contribution is -0.144. The van der Waals surface area contributed by atoms with Gasteiger partial charge in [-0.2, -0.15) is 0 Å². The number of rotatable bonds is 5. The van der Waals surface area contributed by atoms with Crippen LogP contribution in [0, 0.1) is 5.41 Å². The van der Waals surface area contributed by atoms with E-state index in [2.05, 4.69) is 20.2 Å². The number of carbonyl (C=O) groups is 2. The third-order valence-electron chi connectivity index (χ3n) is 5.36. The number of piperazine rings is 1. The highest BCUT2D eigenvalue weighted by Gasteiger charge is 2.58. The minimum absolute atomic E-state index is 0.0604. The number of aromatic nitrogens is 2. The molecule has 1 saturated carbocycles. The highest BCUT2D eigenvalue weighted by atomic mass is 35.5. The van der Waals surface area contributed by atoms with Crippen LogP contribution in [-0.2, 0) is 16.1 Å². The molecule has 0 unspecified atom stereocenters.